The molecule has 0 aromatic heterocycles. The van der Waals surface area contributed by atoms with Gasteiger partial charge in [0.2, 0.25) is 0 Å². The van der Waals surface area contributed by atoms with Crippen molar-refractivity contribution in [2.45, 2.75) is 20.3 Å². The highest BCUT2D eigenvalue weighted by Gasteiger charge is 2.17. The lowest BCUT2D eigenvalue weighted by molar-refractivity contribution is 0.254. The van der Waals surface area contributed by atoms with Crippen molar-refractivity contribution in [1.82, 2.24) is 0 Å². The first kappa shape index (κ1) is 12.8. The van der Waals surface area contributed by atoms with Crippen LogP contribution in [0.5, 0.6) is 5.75 Å². The summed E-state index contributed by atoms with van der Waals surface area (Å²) in [6.07, 6.45) is 0.522. The summed E-state index contributed by atoms with van der Waals surface area (Å²) < 4.78 is 18.5. The molecule has 86 valence electrons. The SMILES string of the molecule is CC(C)(C#N)CCOc1c(F)cccc1Cl. The van der Waals surface area contributed by atoms with Crippen molar-refractivity contribution in [3.63, 3.8) is 0 Å². The molecule has 0 bridgehead atoms. The van der Waals surface area contributed by atoms with E-state index in [4.69, 9.17) is 21.6 Å². The van der Waals surface area contributed by atoms with Crippen molar-refractivity contribution < 1.29 is 9.13 Å². The maximum atomic E-state index is 13.3. The molecule has 1 aromatic rings. The fraction of sp³-hybridized carbons (Fsp3) is 0.417. The van der Waals surface area contributed by atoms with E-state index >= 15 is 0 Å². The van der Waals surface area contributed by atoms with Crippen LogP contribution >= 0.6 is 11.6 Å². The van der Waals surface area contributed by atoms with Gasteiger partial charge in [-0.2, -0.15) is 5.26 Å². The fourth-order valence-corrected chi connectivity index (χ4v) is 1.30. The normalized spacial score (nSPS) is 10.9. The van der Waals surface area contributed by atoms with Gasteiger partial charge in [0.1, 0.15) is 0 Å². The molecule has 0 saturated carbocycles. The Bertz CT molecular complexity index is 392. The van der Waals surface area contributed by atoms with Crippen LogP contribution in [0, 0.1) is 22.6 Å². The number of rotatable bonds is 4. The van der Waals surface area contributed by atoms with E-state index in [9.17, 15) is 4.39 Å². The van der Waals surface area contributed by atoms with Crippen molar-refractivity contribution in [3.8, 4) is 11.8 Å². The van der Waals surface area contributed by atoms with Gasteiger partial charge in [0.15, 0.2) is 11.6 Å². The molecule has 0 amide bonds. The first-order valence-electron chi connectivity index (χ1n) is 4.94. The Hall–Kier alpha value is -1.27. The summed E-state index contributed by atoms with van der Waals surface area (Å²) in [5.74, 6) is -0.430. The molecule has 0 spiro atoms. The number of nitriles is 1. The first-order chi connectivity index (χ1) is 7.46. The van der Waals surface area contributed by atoms with Crippen molar-refractivity contribution in [2.24, 2.45) is 5.41 Å². The monoisotopic (exact) mass is 241 g/mol. The number of ether oxygens (including phenoxy) is 1. The molecule has 0 fully saturated rings. The highest BCUT2D eigenvalue weighted by molar-refractivity contribution is 6.32. The van der Waals surface area contributed by atoms with Crippen LogP contribution in [0.3, 0.4) is 0 Å². The molecule has 0 unspecified atom stereocenters. The van der Waals surface area contributed by atoms with Gasteiger partial charge in [0.05, 0.1) is 23.1 Å². The third kappa shape index (κ3) is 3.39. The number of hydrogen-bond acceptors (Lipinski definition) is 2. The van der Waals surface area contributed by atoms with E-state index in [-0.39, 0.29) is 17.4 Å². The second kappa shape index (κ2) is 5.18. The number of para-hydroxylation sites is 1. The second-order valence-corrected chi connectivity index (χ2v) is 4.55. The van der Waals surface area contributed by atoms with E-state index < -0.39 is 11.2 Å². The van der Waals surface area contributed by atoms with Crippen LogP contribution < -0.4 is 4.74 Å². The van der Waals surface area contributed by atoms with Gasteiger partial charge in [-0.05, 0) is 32.4 Å². The fourth-order valence-electron chi connectivity index (χ4n) is 1.08. The summed E-state index contributed by atoms with van der Waals surface area (Å²) in [7, 11) is 0. The smallest absolute Gasteiger partial charge is 0.173 e. The lowest BCUT2D eigenvalue weighted by Gasteiger charge is -2.15. The Labute approximate surface area is 99.6 Å². The summed E-state index contributed by atoms with van der Waals surface area (Å²) in [5, 5.41) is 9.04. The van der Waals surface area contributed by atoms with Crippen LogP contribution in [0.25, 0.3) is 0 Å². The Morgan fingerprint density at radius 2 is 2.19 bits per heavy atom. The molecular weight excluding hydrogens is 229 g/mol. The largest absolute Gasteiger partial charge is 0.489 e. The minimum Gasteiger partial charge on any atom is -0.489 e. The molecule has 2 nitrogen and oxygen atoms in total. The highest BCUT2D eigenvalue weighted by atomic mass is 35.5. The van der Waals surface area contributed by atoms with Gasteiger partial charge >= 0.3 is 0 Å². The van der Waals surface area contributed by atoms with E-state index in [0.29, 0.717) is 6.42 Å². The Kier molecular flexibility index (Phi) is 4.14. The van der Waals surface area contributed by atoms with Crippen LogP contribution in [-0.4, -0.2) is 6.61 Å². The zero-order valence-electron chi connectivity index (χ0n) is 9.26. The van der Waals surface area contributed by atoms with Gasteiger partial charge < -0.3 is 4.74 Å². The average Bonchev–Trinajstić information content (AvgIpc) is 2.22. The Balaban J connectivity index is 2.60. The van der Waals surface area contributed by atoms with Crippen molar-refractivity contribution in [1.29, 1.82) is 5.26 Å². The standard InChI is InChI=1S/C12H13ClFNO/c1-12(2,8-15)6-7-16-11-9(13)4-3-5-10(11)14/h3-5H,6-7H2,1-2H3. The zero-order chi connectivity index (χ0) is 12.2. The topological polar surface area (TPSA) is 33.0 Å². The molecule has 0 heterocycles. The zero-order valence-corrected chi connectivity index (χ0v) is 10.0. The molecule has 0 aliphatic rings. The number of hydrogen-bond donors (Lipinski definition) is 0. The lowest BCUT2D eigenvalue weighted by atomic mass is 9.92. The van der Waals surface area contributed by atoms with Crippen LogP contribution in [-0.2, 0) is 0 Å². The molecule has 16 heavy (non-hydrogen) atoms. The van der Waals surface area contributed by atoms with E-state index in [1.54, 1.807) is 19.9 Å². The molecule has 1 rings (SSSR count). The van der Waals surface area contributed by atoms with Crippen molar-refractivity contribution >= 4 is 11.6 Å². The minimum atomic E-state index is -0.484. The van der Waals surface area contributed by atoms with Gasteiger partial charge in [-0.25, -0.2) is 4.39 Å². The highest BCUT2D eigenvalue weighted by Crippen LogP contribution is 2.28. The second-order valence-electron chi connectivity index (χ2n) is 4.14. The molecule has 0 saturated heterocycles. The lowest BCUT2D eigenvalue weighted by Crippen LogP contribution is -2.13. The van der Waals surface area contributed by atoms with Crippen LogP contribution in [0.4, 0.5) is 4.39 Å². The quantitative estimate of drug-likeness (QED) is 0.803. The van der Waals surface area contributed by atoms with Gasteiger partial charge in [0.25, 0.3) is 0 Å². The van der Waals surface area contributed by atoms with Gasteiger partial charge in [0, 0.05) is 0 Å². The maximum absolute atomic E-state index is 13.3. The van der Waals surface area contributed by atoms with Crippen molar-refractivity contribution in [3.05, 3.63) is 29.0 Å². The molecule has 4 heteroatoms. The van der Waals surface area contributed by atoms with Crippen molar-refractivity contribution in [2.75, 3.05) is 6.61 Å². The van der Waals surface area contributed by atoms with Crippen LogP contribution in [0.2, 0.25) is 5.02 Å². The molecule has 0 N–H and O–H groups in total. The third-order valence-corrected chi connectivity index (χ3v) is 2.49. The molecule has 0 radical (unpaired) electrons. The molecule has 0 aliphatic carbocycles. The van der Waals surface area contributed by atoms with E-state index in [0.717, 1.165) is 0 Å². The van der Waals surface area contributed by atoms with Gasteiger partial charge in [-0.15, -0.1) is 0 Å². The van der Waals surface area contributed by atoms with E-state index in [1.165, 1.54) is 12.1 Å². The summed E-state index contributed by atoms with van der Waals surface area (Å²) in [6, 6.07) is 6.52. The summed E-state index contributed by atoms with van der Waals surface area (Å²) in [4.78, 5) is 0. The molecule has 0 atom stereocenters. The minimum absolute atomic E-state index is 0.0536. The maximum Gasteiger partial charge on any atom is 0.173 e. The van der Waals surface area contributed by atoms with E-state index in [2.05, 4.69) is 6.07 Å². The molecule has 0 aliphatic heterocycles. The number of benzene rings is 1. The first-order valence-corrected chi connectivity index (χ1v) is 5.32. The Morgan fingerprint density at radius 3 is 2.75 bits per heavy atom. The number of nitrogens with zero attached hydrogens (tertiary/aromatic N) is 1. The summed E-state index contributed by atoms with van der Waals surface area (Å²) >= 11 is 5.78. The Morgan fingerprint density at radius 1 is 1.50 bits per heavy atom. The van der Waals surface area contributed by atoms with Crippen LogP contribution in [0.1, 0.15) is 20.3 Å². The molecular formula is C12H13ClFNO. The predicted molar refractivity (Wildman–Crippen MR) is 60.9 cm³/mol. The van der Waals surface area contributed by atoms with Crippen LogP contribution in [0.15, 0.2) is 18.2 Å². The number of halogens is 2. The van der Waals surface area contributed by atoms with Gasteiger partial charge in [-0.3, -0.25) is 0 Å². The summed E-state index contributed by atoms with van der Waals surface area (Å²) in [6.45, 7) is 3.87. The van der Waals surface area contributed by atoms with Gasteiger partial charge in [-0.1, -0.05) is 17.7 Å². The molecule has 1 aromatic carbocycles. The predicted octanol–water partition coefficient (Wildman–Crippen LogP) is 3.80. The average molecular weight is 242 g/mol. The summed E-state index contributed by atoms with van der Waals surface area (Å²) in [5.41, 5.74) is -0.474. The van der Waals surface area contributed by atoms with E-state index in [1.807, 2.05) is 0 Å². The third-order valence-electron chi connectivity index (χ3n) is 2.20.